The largest absolute Gasteiger partial charge is 0.320 e. The van der Waals surface area contributed by atoms with E-state index in [0.717, 1.165) is 45.5 Å². The number of piperidine rings is 1. The second kappa shape index (κ2) is 10.7. The third-order valence-electron chi connectivity index (χ3n) is 7.20. The van der Waals surface area contributed by atoms with E-state index in [0.29, 0.717) is 30.4 Å². The van der Waals surface area contributed by atoms with Gasteiger partial charge in [-0.3, -0.25) is 4.99 Å². The van der Waals surface area contributed by atoms with E-state index in [1.54, 1.807) is 43.4 Å². The quantitative estimate of drug-likeness (QED) is 0.337. The number of tetrazole rings is 1. The molecule has 1 saturated heterocycles. The molecule has 0 radical (unpaired) electrons. The molecule has 38 heavy (non-hydrogen) atoms. The van der Waals surface area contributed by atoms with Crippen LogP contribution in [0.3, 0.4) is 0 Å². The van der Waals surface area contributed by atoms with Crippen molar-refractivity contribution in [3.8, 4) is 0 Å². The predicted molar refractivity (Wildman–Crippen MR) is 148 cm³/mol. The summed E-state index contributed by atoms with van der Waals surface area (Å²) in [4.78, 5) is 19.4. The maximum absolute atomic E-state index is 14.0. The van der Waals surface area contributed by atoms with E-state index in [1.807, 2.05) is 11.6 Å². The lowest BCUT2D eigenvalue weighted by molar-refractivity contribution is -0.130. The minimum atomic E-state index is -3.68. The van der Waals surface area contributed by atoms with Gasteiger partial charge in [-0.25, -0.2) is 17.7 Å². The maximum atomic E-state index is 14.0. The number of carbonyl (C=O) groups excluding carboxylic acids is 1. The van der Waals surface area contributed by atoms with Gasteiger partial charge >= 0.3 is 5.91 Å². The van der Waals surface area contributed by atoms with Gasteiger partial charge in [0, 0.05) is 19.1 Å². The van der Waals surface area contributed by atoms with Crippen LogP contribution in [0.1, 0.15) is 37.2 Å². The van der Waals surface area contributed by atoms with Gasteiger partial charge in [0.1, 0.15) is 5.69 Å². The second-order valence-electron chi connectivity index (χ2n) is 9.52. The molecule has 200 valence electrons. The number of H-pyrrole nitrogens is 1. The molecule has 4 aromatic rings. The summed E-state index contributed by atoms with van der Waals surface area (Å²) in [6.45, 7) is 1.25. The van der Waals surface area contributed by atoms with Crippen LogP contribution in [0, 0.1) is 0 Å². The number of halogens is 1. The van der Waals surface area contributed by atoms with E-state index < -0.39 is 9.84 Å². The minimum Gasteiger partial charge on any atom is -0.318 e. The first-order valence-corrected chi connectivity index (χ1v) is 15.3. The number of aromatic nitrogens is 5. The van der Waals surface area contributed by atoms with Gasteiger partial charge in [0.2, 0.25) is 5.00 Å². The van der Waals surface area contributed by atoms with Crippen LogP contribution in [0.2, 0.25) is 5.02 Å². The zero-order chi connectivity index (χ0) is 26.9. The van der Waals surface area contributed by atoms with Gasteiger partial charge in [-0.15, -0.1) is 10.2 Å². The van der Waals surface area contributed by atoms with Crippen LogP contribution in [0.4, 0.5) is 5.00 Å². The standard InChI is InChI=1S/C25H29ClN7O3S2/c1-27-25-32(2)21(16-22-28-30-31-29-22)24(37-25)33(11-4-3-5-12-33)23(34)10-13-38(35,36)20-9-7-17-14-19(26)8-6-18(17)15-20/h6-9,14-15H,3-5,10-13,16H2,1-2H3,(H,28,29,30,31)/q+1. The molecular formula is C25H29ClN7O3S2+. The Morgan fingerprint density at radius 2 is 1.89 bits per heavy atom. The number of hydrogen-bond donors (Lipinski definition) is 1. The normalized spacial score (nSPS) is 16.2. The summed E-state index contributed by atoms with van der Waals surface area (Å²) in [6.07, 6.45) is 3.11. The third kappa shape index (κ3) is 5.05. The van der Waals surface area contributed by atoms with Crippen molar-refractivity contribution in [3.05, 3.63) is 57.7 Å². The summed E-state index contributed by atoms with van der Waals surface area (Å²) in [5, 5.41) is 17.5. The fourth-order valence-electron chi connectivity index (χ4n) is 5.16. The average molecular weight is 575 g/mol. The van der Waals surface area contributed by atoms with Crippen molar-refractivity contribution in [2.24, 2.45) is 12.0 Å². The van der Waals surface area contributed by atoms with Crippen molar-refractivity contribution in [1.82, 2.24) is 29.7 Å². The zero-order valence-corrected chi connectivity index (χ0v) is 23.6. The second-order valence-corrected chi connectivity index (χ2v) is 13.0. The van der Waals surface area contributed by atoms with E-state index in [2.05, 4.69) is 25.6 Å². The Labute approximate surface area is 229 Å². The number of fused-ring (bicyclic) bond motifs is 1. The molecule has 10 nitrogen and oxygen atoms in total. The van der Waals surface area contributed by atoms with Crippen molar-refractivity contribution < 1.29 is 13.2 Å². The molecule has 1 N–H and O–H groups in total. The molecule has 0 aliphatic carbocycles. The highest BCUT2D eigenvalue weighted by Crippen LogP contribution is 2.37. The molecule has 1 aliphatic rings. The van der Waals surface area contributed by atoms with E-state index in [9.17, 15) is 13.2 Å². The Morgan fingerprint density at radius 3 is 2.61 bits per heavy atom. The summed E-state index contributed by atoms with van der Waals surface area (Å²) in [7, 11) is -0.0407. The number of rotatable bonds is 7. The van der Waals surface area contributed by atoms with Gasteiger partial charge in [-0.05, 0) is 65.6 Å². The molecule has 2 aromatic heterocycles. The lowest BCUT2D eigenvalue weighted by atomic mass is 10.1. The fraction of sp³-hybridized carbons (Fsp3) is 0.400. The van der Waals surface area contributed by atoms with Crippen molar-refractivity contribution >= 4 is 54.5 Å². The highest BCUT2D eigenvalue weighted by Gasteiger charge is 2.44. The Kier molecular flexibility index (Phi) is 7.49. The lowest BCUT2D eigenvalue weighted by Crippen LogP contribution is -2.57. The number of carbonyl (C=O) groups is 1. The van der Waals surface area contributed by atoms with Gasteiger partial charge in [0.15, 0.2) is 20.5 Å². The molecule has 0 atom stereocenters. The minimum absolute atomic E-state index is 0.0805. The molecular weight excluding hydrogens is 546 g/mol. The van der Waals surface area contributed by atoms with E-state index in [1.165, 1.54) is 11.3 Å². The number of hydrogen-bond acceptors (Lipinski definition) is 8. The Morgan fingerprint density at radius 1 is 1.16 bits per heavy atom. The van der Waals surface area contributed by atoms with E-state index >= 15 is 0 Å². The van der Waals surface area contributed by atoms with Gasteiger partial charge in [-0.1, -0.05) is 28.9 Å². The molecule has 1 amide bonds. The molecule has 5 rings (SSSR count). The topological polar surface area (TPSA) is 123 Å². The number of likely N-dealkylation sites (tertiary alicyclic amines) is 1. The van der Waals surface area contributed by atoms with Gasteiger partial charge in [-0.2, -0.15) is 5.21 Å². The van der Waals surface area contributed by atoms with Crippen molar-refractivity contribution in [2.75, 3.05) is 25.9 Å². The van der Waals surface area contributed by atoms with Gasteiger partial charge < -0.3 is 4.57 Å². The molecule has 13 heteroatoms. The Bertz CT molecular complexity index is 1650. The van der Waals surface area contributed by atoms with Crippen LogP contribution in [-0.2, 0) is 28.1 Å². The number of amides is 1. The highest BCUT2D eigenvalue weighted by molar-refractivity contribution is 7.91. The van der Waals surface area contributed by atoms with E-state index in [4.69, 9.17) is 11.6 Å². The molecule has 0 spiro atoms. The van der Waals surface area contributed by atoms with E-state index in [-0.39, 0.29) is 27.5 Å². The number of sulfone groups is 1. The predicted octanol–water partition coefficient (Wildman–Crippen LogP) is 3.41. The molecule has 1 aliphatic heterocycles. The zero-order valence-electron chi connectivity index (χ0n) is 21.2. The Balaban J connectivity index is 1.46. The summed E-state index contributed by atoms with van der Waals surface area (Å²) in [5.41, 5.74) is 0.892. The molecule has 0 unspecified atom stereocenters. The van der Waals surface area contributed by atoms with Crippen LogP contribution in [0.5, 0.6) is 0 Å². The molecule has 3 heterocycles. The first-order valence-electron chi connectivity index (χ1n) is 12.4. The van der Waals surface area contributed by atoms with Gasteiger partial charge in [0.25, 0.3) is 0 Å². The van der Waals surface area contributed by atoms with Crippen LogP contribution in [-0.4, -0.2) is 65.4 Å². The van der Waals surface area contributed by atoms with Crippen molar-refractivity contribution in [1.29, 1.82) is 0 Å². The molecule has 0 bridgehead atoms. The van der Waals surface area contributed by atoms with Crippen LogP contribution < -0.4 is 9.28 Å². The maximum Gasteiger partial charge on any atom is 0.320 e. The van der Waals surface area contributed by atoms with Gasteiger partial charge in [0.05, 0.1) is 36.6 Å². The smallest absolute Gasteiger partial charge is 0.318 e. The number of benzene rings is 2. The summed E-state index contributed by atoms with van der Waals surface area (Å²) in [5.74, 6) is 0.165. The number of thiazole rings is 1. The first-order chi connectivity index (χ1) is 18.2. The number of aromatic amines is 1. The summed E-state index contributed by atoms with van der Waals surface area (Å²) in [6, 6.07) is 10.3. The average Bonchev–Trinajstić information content (AvgIpc) is 3.55. The molecule has 0 saturated carbocycles. The monoisotopic (exact) mass is 574 g/mol. The number of quaternary nitrogens is 1. The van der Waals surface area contributed by atoms with Crippen molar-refractivity contribution in [2.45, 2.75) is 37.0 Å². The van der Waals surface area contributed by atoms with Crippen LogP contribution >= 0.6 is 22.9 Å². The first kappa shape index (κ1) is 26.7. The molecule has 1 fully saturated rings. The fourth-order valence-corrected chi connectivity index (χ4v) is 7.90. The highest BCUT2D eigenvalue weighted by atomic mass is 35.5. The molecule has 2 aromatic carbocycles. The summed E-state index contributed by atoms with van der Waals surface area (Å²) >= 11 is 7.54. The number of nitrogens with zero attached hydrogens (tertiary/aromatic N) is 6. The van der Waals surface area contributed by atoms with Crippen LogP contribution in [0.15, 0.2) is 46.3 Å². The third-order valence-corrected chi connectivity index (χ3v) is 10.6. The van der Waals surface area contributed by atoms with Crippen molar-refractivity contribution in [3.63, 3.8) is 0 Å². The number of nitrogens with one attached hydrogen (secondary N) is 1. The Hall–Kier alpha value is -2.93. The van der Waals surface area contributed by atoms with Crippen LogP contribution in [0.25, 0.3) is 10.8 Å². The lowest BCUT2D eigenvalue weighted by Gasteiger charge is -2.37. The summed E-state index contributed by atoms with van der Waals surface area (Å²) < 4.78 is 28.7. The SMILES string of the molecule is CN=c1sc([N+]2(C(=O)CCS(=O)(=O)c3ccc4cc(Cl)ccc4c3)CCCCC2)c(Cc2nn[nH]n2)n1C.